The van der Waals surface area contributed by atoms with Crippen LogP contribution < -0.4 is 9.47 Å². The van der Waals surface area contributed by atoms with E-state index in [4.69, 9.17) is 9.47 Å². The number of halogens is 1. The van der Waals surface area contributed by atoms with Gasteiger partial charge in [0.1, 0.15) is 23.1 Å². The number of hydrogen-bond acceptors (Lipinski definition) is 4. The van der Waals surface area contributed by atoms with Crippen LogP contribution in [-0.4, -0.2) is 33.9 Å². The van der Waals surface area contributed by atoms with Crippen molar-refractivity contribution in [3.05, 3.63) is 59.9 Å². The number of benzene rings is 2. The number of aromatic amines is 2. The van der Waals surface area contributed by atoms with E-state index in [0.717, 1.165) is 34.8 Å². The molecule has 0 saturated heterocycles. The molecule has 1 aliphatic heterocycles. The highest BCUT2D eigenvalue weighted by atomic mass is 19.1. The first-order valence-electron chi connectivity index (χ1n) is 8.69. The first-order valence-corrected chi connectivity index (χ1v) is 8.69. The predicted molar refractivity (Wildman–Crippen MR) is 98.6 cm³/mol. The lowest BCUT2D eigenvalue weighted by atomic mass is 9.96. The normalized spacial score (nSPS) is 16.1. The van der Waals surface area contributed by atoms with Crippen LogP contribution in [0.25, 0.3) is 22.2 Å². The zero-order valence-electron chi connectivity index (χ0n) is 14.6. The molecule has 27 heavy (non-hydrogen) atoms. The Kier molecular flexibility index (Phi) is 3.60. The van der Waals surface area contributed by atoms with E-state index in [-0.39, 0.29) is 11.7 Å². The van der Waals surface area contributed by atoms with Crippen LogP contribution in [0.1, 0.15) is 17.3 Å². The maximum Gasteiger partial charge on any atom is 0.133 e. The molecule has 2 aromatic heterocycles. The number of methoxy groups -OCH3 is 1. The molecule has 0 saturated carbocycles. The van der Waals surface area contributed by atoms with Crippen LogP contribution in [0.2, 0.25) is 0 Å². The van der Waals surface area contributed by atoms with Gasteiger partial charge in [0.15, 0.2) is 0 Å². The highest BCUT2D eigenvalue weighted by molar-refractivity contribution is 5.82. The summed E-state index contributed by atoms with van der Waals surface area (Å²) in [5.41, 5.74) is 3.70. The summed E-state index contributed by atoms with van der Waals surface area (Å²) in [5.74, 6) is 2.18. The molecule has 0 fully saturated rings. The Hall–Kier alpha value is -3.35. The number of nitrogens with zero attached hydrogens (tertiary/aromatic N) is 2. The van der Waals surface area contributed by atoms with Crippen LogP contribution in [0.5, 0.6) is 11.5 Å². The number of aromatic nitrogens is 4. The second kappa shape index (κ2) is 6.12. The average molecular weight is 364 g/mol. The molecule has 1 atom stereocenters. The average Bonchev–Trinajstić information content (AvgIpc) is 3.36. The molecule has 0 aliphatic carbocycles. The number of imidazole rings is 1. The molecule has 0 bridgehead atoms. The van der Waals surface area contributed by atoms with Gasteiger partial charge in [0.05, 0.1) is 36.9 Å². The Labute approximate surface area is 154 Å². The van der Waals surface area contributed by atoms with Crippen molar-refractivity contribution < 1.29 is 13.9 Å². The zero-order valence-corrected chi connectivity index (χ0v) is 14.6. The van der Waals surface area contributed by atoms with Gasteiger partial charge >= 0.3 is 0 Å². The maximum atomic E-state index is 14.5. The number of H-pyrrole nitrogens is 2. The molecule has 0 radical (unpaired) electrons. The van der Waals surface area contributed by atoms with Crippen LogP contribution in [-0.2, 0) is 6.42 Å². The van der Waals surface area contributed by atoms with Gasteiger partial charge in [-0.15, -0.1) is 0 Å². The Morgan fingerprint density at radius 1 is 1.26 bits per heavy atom. The first-order chi connectivity index (χ1) is 13.2. The van der Waals surface area contributed by atoms with Crippen molar-refractivity contribution >= 4 is 11.0 Å². The monoisotopic (exact) mass is 364 g/mol. The Balaban J connectivity index is 1.48. The van der Waals surface area contributed by atoms with Gasteiger partial charge < -0.3 is 14.5 Å². The standard InChI is InChI=1S/C20H17FN4O2/c1-26-14-3-2-11-4-12(10-27-19(11)5-14)20-24-17-6-15(13-8-22-23-9-13)16(21)7-18(17)25-20/h2-3,5-9,12H,4,10H2,1H3,(H,22,23)(H,24,25). The van der Waals surface area contributed by atoms with Crippen molar-refractivity contribution in [3.8, 4) is 22.6 Å². The van der Waals surface area contributed by atoms with E-state index in [1.54, 1.807) is 25.6 Å². The molecular formula is C20H17FN4O2. The summed E-state index contributed by atoms with van der Waals surface area (Å²) in [6.07, 6.45) is 4.07. The van der Waals surface area contributed by atoms with Crippen molar-refractivity contribution in [1.82, 2.24) is 20.2 Å². The quantitative estimate of drug-likeness (QED) is 0.579. The van der Waals surface area contributed by atoms with Gasteiger partial charge in [-0.1, -0.05) is 6.07 Å². The van der Waals surface area contributed by atoms with E-state index >= 15 is 0 Å². The molecule has 7 heteroatoms. The van der Waals surface area contributed by atoms with Gasteiger partial charge in [-0.05, 0) is 24.1 Å². The van der Waals surface area contributed by atoms with Crippen LogP contribution in [0.15, 0.2) is 42.7 Å². The third-order valence-corrected chi connectivity index (χ3v) is 4.97. The van der Waals surface area contributed by atoms with Crippen LogP contribution in [0, 0.1) is 5.82 Å². The summed E-state index contributed by atoms with van der Waals surface area (Å²) in [6.45, 7) is 0.511. The first kappa shape index (κ1) is 15.9. The molecule has 136 valence electrons. The molecular weight excluding hydrogens is 347 g/mol. The molecule has 5 rings (SSSR count). The fourth-order valence-electron chi connectivity index (χ4n) is 3.52. The lowest BCUT2D eigenvalue weighted by Crippen LogP contribution is -2.20. The minimum absolute atomic E-state index is 0.0822. The van der Waals surface area contributed by atoms with Gasteiger partial charge in [0.2, 0.25) is 0 Å². The molecule has 2 aromatic carbocycles. The van der Waals surface area contributed by atoms with Crippen LogP contribution >= 0.6 is 0 Å². The smallest absolute Gasteiger partial charge is 0.133 e. The second-order valence-corrected chi connectivity index (χ2v) is 6.64. The highest BCUT2D eigenvalue weighted by Gasteiger charge is 2.25. The van der Waals surface area contributed by atoms with Gasteiger partial charge in [-0.2, -0.15) is 5.10 Å². The minimum atomic E-state index is -0.320. The third-order valence-electron chi connectivity index (χ3n) is 4.97. The third kappa shape index (κ3) is 2.71. The molecule has 2 N–H and O–H groups in total. The number of hydrogen-bond donors (Lipinski definition) is 2. The van der Waals surface area contributed by atoms with Crippen molar-refractivity contribution in [2.75, 3.05) is 13.7 Å². The van der Waals surface area contributed by atoms with Crippen molar-refractivity contribution in [3.63, 3.8) is 0 Å². The van der Waals surface area contributed by atoms with E-state index in [2.05, 4.69) is 20.2 Å². The number of rotatable bonds is 3. The van der Waals surface area contributed by atoms with Gasteiger partial charge in [0, 0.05) is 29.5 Å². The summed E-state index contributed by atoms with van der Waals surface area (Å²) in [5, 5.41) is 6.60. The SMILES string of the molecule is COc1ccc2c(c1)OCC(c1nc3cc(F)c(-c4cn[nH]c4)cc3[nH]1)C2. The molecule has 6 nitrogen and oxygen atoms in total. The van der Waals surface area contributed by atoms with Crippen molar-refractivity contribution in [1.29, 1.82) is 0 Å². The Bertz CT molecular complexity index is 1120. The molecule has 4 aromatic rings. The predicted octanol–water partition coefficient (Wildman–Crippen LogP) is 3.82. The molecule has 0 amide bonds. The molecule has 1 unspecified atom stereocenters. The lowest BCUT2D eigenvalue weighted by molar-refractivity contribution is 0.257. The van der Waals surface area contributed by atoms with Gasteiger partial charge in [-0.25, -0.2) is 9.37 Å². The van der Waals surface area contributed by atoms with Crippen LogP contribution in [0.3, 0.4) is 0 Å². The van der Waals surface area contributed by atoms with Crippen molar-refractivity contribution in [2.45, 2.75) is 12.3 Å². The summed E-state index contributed by atoms with van der Waals surface area (Å²) in [4.78, 5) is 7.94. The number of fused-ring (bicyclic) bond motifs is 2. The summed E-state index contributed by atoms with van der Waals surface area (Å²) in [6, 6.07) is 9.07. The van der Waals surface area contributed by atoms with E-state index in [1.807, 2.05) is 18.2 Å². The highest BCUT2D eigenvalue weighted by Crippen LogP contribution is 2.35. The fraction of sp³-hybridized carbons (Fsp3) is 0.200. The maximum absolute atomic E-state index is 14.5. The van der Waals surface area contributed by atoms with Gasteiger partial charge in [0.25, 0.3) is 0 Å². The minimum Gasteiger partial charge on any atom is -0.497 e. The van der Waals surface area contributed by atoms with Crippen LogP contribution in [0.4, 0.5) is 4.39 Å². The second-order valence-electron chi connectivity index (χ2n) is 6.64. The summed E-state index contributed by atoms with van der Waals surface area (Å²) >= 11 is 0. The van der Waals surface area contributed by atoms with Gasteiger partial charge in [-0.3, -0.25) is 5.10 Å². The largest absolute Gasteiger partial charge is 0.497 e. The topological polar surface area (TPSA) is 75.8 Å². The Morgan fingerprint density at radius 2 is 2.19 bits per heavy atom. The summed E-state index contributed by atoms with van der Waals surface area (Å²) in [7, 11) is 1.64. The Morgan fingerprint density at radius 3 is 3.00 bits per heavy atom. The van der Waals surface area contributed by atoms with Crippen molar-refractivity contribution in [2.24, 2.45) is 0 Å². The number of ether oxygens (including phenoxy) is 2. The van der Waals surface area contributed by atoms with E-state index in [9.17, 15) is 4.39 Å². The molecule has 3 heterocycles. The molecule has 0 spiro atoms. The van der Waals surface area contributed by atoms with E-state index < -0.39 is 0 Å². The van der Waals surface area contributed by atoms with E-state index in [0.29, 0.717) is 23.3 Å². The fourth-order valence-corrected chi connectivity index (χ4v) is 3.52. The summed E-state index contributed by atoms with van der Waals surface area (Å²) < 4.78 is 25.6. The zero-order chi connectivity index (χ0) is 18.4. The number of nitrogens with one attached hydrogen (secondary N) is 2. The van der Waals surface area contributed by atoms with E-state index in [1.165, 1.54) is 6.07 Å². The molecule has 1 aliphatic rings. The lowest BCUT2D eigenvalue weighted by Gasteiger charge is -2.24.